The Morgan fingerprint density at radius 1 is 1.28 bits per heavy atom. The highest BCUT2D eigenvalue weighted by molar-refractivity contribution is 7.98. The van der Waals surface area contributed by atoms with E-state index >= 15 is 0 Å². The largest absolute Gasteiger partial charge is 0.416 e. The van der Waals surface area contributed by atoms with E-state index in [1.807, 2.05) is 13.0 Å². The molecule has 0 aliphatic carbocycles. The molecule has 0 saturated heterocycles. The molecule has 2 N–H and O–H groups in total. The van der Waals surface area contributed by atoms with E-state index in [0.29, 0.717) is 11.3 Å². The van der Waals surface area contributed by atoms with Crippen LogP contribution in [0.4, 0.5) is 13.2 Å². The van der Waals surface area contributed by atoms with Crippen LogP contribution in [0.25, 0.3) is 0 Å². The third kappa shape index (κ3) is 4.90. The van der Waals surface area contributed by atoms with Crippen molar-refractivity contribution in [2.45, 2.75) is 43.3 Å². The van der Waals surface area contributed by atoms with E-state index < -0.39 is 11.7 Å². The zero-order chi connectivity index (χ0) is 13.8. The maximum Gasteiger partial charge on any atom is 0.416 e. The first-order chi connectivity index (χ1) is 8.32. The Labute approximate surface area is 110 Å². The van der Waals surface area contributed by atoms with E-state index in [1.54, 1.807) is 6.26 Å². The summed E-state index contributed by atoms with van der Waals surface area (Å²) in [5, 5.41) is 0. The van der Waals surface area contributed by atoms with Crippen molar-refractivity contribution in [1.82, 2.24) is 0 Å². The van der Waals surface area contributed by atoms with Crippen molar-refractivity contribution < 1.29 is 13.2 Å². The number of aryl methyl sites for hydroxylation is 1. The van der Waals surface area contributed by atoms with Crippen molar-refractivity contribution in [3.8, 4) is 0 Å². The zero-order valence-electron chi connectivity index (χ0n) is 10.6. The molecule has 0 aromatic heterocycles. The van der Waals surface area contributed by atoms with Gasteiger partial charge in [-0.25, -0.2) is 0 Å². The van der Waals surface area contributed by atoms with E-state index in [9.17, 15) is 13.2 Å². The summed E-state index contributed by atoms with van der Waals surface area (Å²) >= 11 is 1.33. The lowest BCUT2D eigenvalue weighted by atomic mass is 10.0. The Kier molecular flexibility index (Phi) is 5.53. The van der Waals surface area contributed by atoms with Crippen LogP contribution in [-0.2, 0) is 12.6 Å². The SMILES string of the molecule is CSc1cc(CCCC(C)N)cc(C(F)(F)F)c1. The minimum absolute atomic E-state index is 0.0934. The van der Waals surface area contributed by atoms with Crippen LogP contribution in [0.5, 0.6) is 0 Å². The predicted molar refractivity (Wildman–Crippen MR) is 69.8 cm³/mol. The summed E-state index contributed by atoms with van der Waals surface area (Å²) in [6.45, 7) is 1.90. The Bertz CT molecular complexity index is 388. The lowest BCUT2D eigenvalue weighted by Gasteiger charge is -2.12. The molecule has 1 aromatic rings. The van der Waals surface area contributed by atoms with Crippen LogP contribution >= 0.6 is 11.8 Å². The summed E-state index contributed by atoms with van der Waals surface area (Å²) in [4.78, 5) is 0.653. The highest BCUT2D eigenvalue weighted by Gasteiger charge is 2.31. The number of hydrogen-bond donors (Lipinski definition) is 1. The van der Waals surface area contributed by atoms with Gasteiger partial charge in [-0.15, -0.1) is 11.8 Å². The smallest absolute Gasteiger partial charge is 0.328 e. The summed E-state index contributed by atoms with van der Waals surface area (Å²) < 4.78 is 38.1. The molecule has 0 aliphatic rings. The van der Waals surface area contributed by atoms with Gasteiger partial charge in [-0.1, -0.05) is 0 Å². The van der Waals surface area contributed by atoms with Gasteiger partial charge >= 0.3 is 6.18 Å². The zero-order valence-corrected chi connectivity index (χ0v) is 11.4. The van der Waals surface area contributed by atoms with Crippen molar-refractivity contribution in [3.63, 3.8) is 0 Å². The molecule has 0 saturated carbocycles. The molecule has 0 heterocycles. The second kappa shape index (κ2) is 6.48. The summed E-state index contributed by atoms with van der Waals surface area (Å²) in [6.07, 6.45) is -0.223. The normalized spacial score (nSPS) is 13.7. The molecule has 18 heavy (non-hydrogen) atoms. The molecule has 0 fully saturated rings. The fourth-order valence-electron chi connectivity index (χ4n) is 1.71. The van der Waals surface area contributed by atoms with Crippen molar-refractivity contribution >= 4 is 11.8 Å². The highest BCUT2D eigenvalue weighted by atomic mass is 32.2. The van der Waals surface area contributed by atoms with Crippen LogP contribution in [0, 0.1) is 0 Å². The Morgan fingerprint density at radius 3 is 2.44 bits per heavy atom. The van der Waals surface area contributed by atoms with Crippen LogP contribution in [0.2, 0.25) is 0 Å². The van der Waals surface area contributed by atoms with Crippen molar-refractivity contribution in [3.05, 3.63) is 29.3 Å². The van der Waals surface area contributed by atoms with E-state index in [4.69, 9.17) is 5.73 Å². The molecule has 0 aliphatic heterocycles. The number of nitrogens with two attached hydrogens (primary N) is 1. The Morgan fingerprint density at radius 2 is 1.94 bits per heavy atom. The summed E-state index contributed by atoms with van der Waals surface area (Å²) in [5.74, 6) is 0. The van der Waals surface area contributed by atoms with Crippen LogP contribution in [0.1, 0.15) is 30.9 Å². The Balaban J connectivity index is 2.84. The average Bonchev–Trinajstić information content (AvgIpc) is 2.27. The molecule has 1 rings (SSSR count). The second-order valence-corrected chi connectivity index (χ2v) is 5.32. The van der Waals surface area contributed by atoms with Crippen molar-refractivity contribution in [2.75, 3.05) is 6.26 Å². The highest BCUT2D eigenvalue weighted by Crippen LogP contribution is 2.33. The van der Waals surface area contributed by atoms with Gasteiger partial charge in [0.15, 0.2) is 0 Å². The number of alkyl halides is 3. The van der Waals surface area contributed by atoms with Crippen molar-refractivity contribution in [2.24, 2.45) is 5.73 Å². The van der Waals surface area contributed by atoms with Gasteiger partial charge in [0.05, 0.1) is 5.56 Å². The number of thioether (sulfide) groups is 1. The molecule has 1 unspecified atom stereocenters. The average molecular weight is 277 g/mol. The number of halogens is 3. The third-order valence-corrected chi connectivity index (χ3v) is 3.36. The van der Waals surface area contributed by atoms with Crippen LogP contribution < -0.4 is 5.73 Å². The maximum atomic E-state index is 12.7. The van der Waals surface area contributed by atoms with Gasteiger partial charge in [0, 0.05) is 10.9 Å². The summed E-state index contributed by atoms with van der Waals surface area (Å²) in [7, 11) is 0. The third-order valence-electron chi connectivity index (χ3n) is 2.65. The van der Waals surface area contributed by atoms with E-state index in [0.717, 1.165) is 18.4 Å². The van der Waals surface area contributed by atoms with Gasteiger partial charge in [0.1, 0.15) is 0 Å². The van der Waals surface area contributed by atoms with E-state index in [-0.39, 0.29) is 6.04 Å². The molecule has 0 amide bonds. The maximum absolute atomic E-state index is 12.7. The molecule has 1 atom stereocenters. The van der Waals surface area contributed by atoms with E-state index in [1.165, 1.54) is 23.9 Å². The first-order valence-electron chi connectivity index (χ1n) is 5.83. The quantitative estimate of drug-likeness (QED) is 0.820. The van der Waals surface area contributed by atoms with Crippen LogP contribution in [0.15, 0.2) is 23.1 Å². The molecule has 1 nitrogen and oxygen atoms in total. The fourth-order valence-corrected chi connectivity index (χ4v) is 2.23. The molecule has 1 aromatic carbocycles. The first kappa shape index (κ1) is 15.4. The number of hydrogen-bond acceptors (Lipinski definition) is 2. The first-order valence-corrected chi connectivity index (χ1v) is 7.06. The summed E-state index contributed by atoms with van der Waals surface area (Å²) in [6, 6.07) is 4.35. The van der Waals surface area contributed by atoms with Crippen LogP contribution in [0.3, 0.4) is 0 Å². The fraction of sp³-hybridized carbons (Fsp3) is 0.538. The molecular weight excluding hydrogens is 259 g/mol. The van der Waals surface area contributed by atoms with Gasteiger partial charge in [-0.2, -0.15) is 13.2 Å². The predicted octanol–water partition coefficient (Wildman–Crippen LogP) is 4.10. The molecule has 0 radical (unpaired) electrons. The lowest BCUT2D eigenvalue weighted by Crippen LogP contribution is -2.14. The van der Waals surface area contributed by atoms with Gasteiger partial charge in [-0.05, 0) is 56.2 Å². The van der Waals surface area contributed by atoms with Gasteiger partial charge < -0.3 is 5.73 Å². The molecule has 0 bridgehead atoms. The minimum atomic E-state index is -4.28. The number of rotatable bonds is 5. The minimum Gasteiger partial charge on any atom is -0.328 e. The Hall–Kier alpha value is -0.680. The van der Waals surface area contributed by atoms with E-state index in [2.05, 4.69) is 0 Å². The topological polar surface area (TPSA) is 26.0 Å². The molecule has 5 heteroatoms. The second-order valence-electron chi connectivity index (χ2n) is 4.44. The standard InChI is InChI=1S/C13H18F3NS/c1-9(17)4-3-5-10-6-11(13(14,15)16)8-12(7-10)18-2/h6-9H,3-5,17H2,1-2H3. The summed E-state index contributed by atoms with van der Waals surface area (Å²) in [5.41, 5.74) is 5.79. The van der Waals surface area contributed by atoms with Crippen molar-refractivity contribution in [1.29, 1.82) is 0 Å². The van der Waals surface area contributed by atoms with Gasteiger partial charge in [-0.3, -0.25) is 0 Å². The molecule has 0 spiro atoms. The van der Waals surface area contributed by atoms with Gasteiger partial charge in [0.25, 0.3) is 0 Å². The van der Waals surface area contributed by atoms with Gasteiger partial charge in [0.2, 0.25) is 0 Å². The lowest BCUT2D eigenvalue weighted by molar-refractivity contribution is -0.137. The van der Waals surface area contributed by atoms with Crippen LogP contribution in [-0.4, -0.2) is 12.3 Å². The number of benzene rings is 1. The molecule has 102 valence electrons. The monoisotopic (exact) mass is 277 g/mol. The molecular formula is C13H18F3NS.